The quantitative estimate of drug-likeness (QED) is 0.669. The van der Waals surface area contributed by atoms with Gasteiger partial charge in [-0.15, -0.1) is 0 Å². The largest absolute Gasteiger partial charge is 0.409 e. The van der Waals surface area contributed by atoms with Gasteiger partial charge in [-0.2, -0.15) is 17.5 Å². The highest BCUT2D eigenvalue weighted by atomic mass is 32.2. The molecule has 0 heterocycles. The Morgan fingerprint density at radius 3 is 2.23 bits per heavy atom. The Bertz CT molecular complexity index is 1060. The number of alkyl halides is 3. The zero-order valence-electron chi connectivity index (χ0n) is 17.8. The van der Waals surface area contributed by atoms with Gasteiger partial charge >= 0.3 is 6.18 Å². The summed E-state index contributed by atoms with van der Waals surface area (Å²) in [7, 11) is -2.95. The van der Waals surface area contributed by atoms with Crippen LogP contribution in [0.1, 0.15) is 49.4 Å². The van der Waals surface area contributed by atoms with E-state index < -0.39 is 27.5 Å². The van der Waals surface area contributed by atoms with E-state index in [4.69, 9.17) is 0 Å². The first-order valence-electron chi connectivity index (χ1n) is 10.4. The van der Waals surface area contributed by atoms with Crippen LogP contribution in [0.15, 0.2) is 48.5 Å². The van der Waals surface area contributed by atoms with Crippen LogP contribution in [-0.4, -0.2) is 37.2 Å². The lowest BCUT2D eigenvalue weighted by Crippen LogP contribution is -2.41. The third kappa shape index (κ3) is 4.07. The van der Waals surface area contributed by atoms with Crippen LogP contribution < -0.4 is 5.32 Å². The van der Waals surface area contributed by atoms with Gasteiger partial charge in [-0.25, -0.2) is 8.42 Å². The second-order valence-corrected chi connectivity index (χ2v) is 11.4. The Hall–Kier alpha value is -2.06. The van der Waals surface area contributed by atoms with Crippen LogP contribution in [0.2, 0.25) is 0 Å². The molecule has 2 aromatic rings. The Morgan fingerprint density at radius 1 is 1.06 bits per heavy atom. The highest BCUT2D eigenvalue weighted by Crippen LogP contribution is 2.43. The molecule has 168 valence electrons. The van der Waals surface area contributed by atoms with Crippen LogP contribution >= 0.6 is 0 Å². The molecule has 0 saturated heterocycles. The van der Waals surface area contributed by atoms with E-state index >= 15 is 0 Å². The van der Waals surface area contributed by atoms with Crippen LogP contribution in [0.4, 0.5) is 18.9 Å². The monoisotopic (exact) mass is 452 g/mol. The average Bonchev–Trinajstić information content (AvgIpc) is 3.51. The molecule has 2 aliphatic carbocycles. The Morgan fingerprint density at radius 2 is 1.68 bits per heavy atom. The highest BCUT2D eigenvalue weighted by Gasteiger charge is 2.51. The number of anilines is 1. The van der Waals surface area contributed by atoms with Crippen LogP contribution in [-0.2, 0) is 21.9 Å². The molecule has 2 aromatic carbocycles. The second-order valence-electron chi connectivity index (χ2n) is 9.11. The number of fused-ring (bicyclic) bond motifs is 1. The lowest BCUT2D eigenvalue weighted by atomic mass is 9.83. The third-order valence-corrected chi connectivity index (χ3v) is 8.92. The molecule has 1 unspecified atom stereocenters. The fourth-order valence-electron chi connectivity index (χ4n) is 4.54. The van der Waals surface area contributed by atoms with Crippen molar-refractivity contribution in [1.29, 1.82) is 0 Å². The summed E-state index contributed by atoms with van der Waals surface area (Å²) in [6.07, 6.45) is -3.04. The van der Waals surface area contributed by atoms with E-state index in [9.17, 15) is 21.6 Å². The Balaban J connectivity index is 1.56. The first kappa shape index (κ1) is 22.1. The lowest BCUT2D eigenvalue weighted by Gasteiger charge is -2.31. The zero-order chi connectivity index (χ0) is 22.6. The van der Waals surface area contributed by atoms with Gasteiger partial charge in [0, 0.05) is 24.2 Å². The van der Waals surface area contributed by atoms with E-state index in [-0.39, 0.29) is 17.0 Å². The van der Waals surface area contributed by atoms with Crippen LogP contribution in [0, 0.1) is 0 Å². The van der Waals surface area contributed by atoms with Gasteiger partial charge in [0.05, 0.1) is 5.25 Å². The summed E-state index contributed by atoms with van der Waals surface area (Å²) in [4.78, 5) is 0. The predicted molar refractivity (Wildman–Crippen MR) is 116 cm³/mol. The van der Waals surface area contributed by atoms with Crippen molar-refractivity contribution in [1.82, 2.24) is 4.31 Å². The van der Waals surface area contributed by atoms with Crippen molar-refractivity contribution in [3.05, 3.63) is 65.2 Å². The van der Waals surface area contributed by atoms with Gasteiger partial charge in [0.2, 0.25) is 10.0 Å². The summed E-state index contributed by atoms with van der Waals surface area (Å²) in [5.74, 6) is 0. The molecule has 8 heteroatoms. The topological polar surface area (TPSA) is 49.4 Å². The average molecular weight is 453 g/mol. The molecule has 0 bridgehead atoms. The van der Waals surface area contributed by atoms with E-state index in [1.54, 1.807) is 12.1 Å². The SMILES string of the molecule is CN([C@@H](c1ccc(NC2Cc3ccccc3C2(C)C)cc1)C(F)(F)F)S(=O)(=O)C1CC1. The van der Waals surface area contributed by atoms with Crippen molar-refractivity contribution in [2.75, 3.05) is 12.4 Å². The summed E-state index contributed by atoms with van der Waals surface area (Å²) in [6, 6.07) is 12.1. The molecule has 1 N–H and O–H groups in total. The lowest BCUT2D eigenvalue weighted by molar-refractivity contribution is -0.171. The molecule has 0 spiro atoms. The number of benzene rings is 2. The molecular weight excluding hydrogens is 425 g/mol. The van der Waals surface area contributed by atoms with Gasteiger partial charge in [0.25, 0.3) is 0 Å². The van der Waals surface area contributed by atoms with Gasteiger partial charge in [0.15, 0.2) is 0 Å². The number of hydrogen-bond acceptors (Lipinski definition) is 3. The van der Waals surface area contributed by atoms with Crippen molar-refractivity contribution < 1.29 is 21.6 Å². The minimum absolute atomic E-state index is 0.0845. The Labute approximate surface area is 181 Å². The van der Waals surface area contributed by atoms with Gasteiger partial charge < -0.3 is 5.32 Å². The standard InChI is InChI=1S/C23H27F3N2O2S/c1-22(2)19-7-5-4-6-16(19)14-20(22)27-17-10-8-15(9-11-17)21(23(24,25)26)28(3)31(29,30)18-12-13-18/h4-11,18,20-21,27H,12-14H2,1-3H3/t20?,21-/m0/s1. The molecule has 0 aromatic heterocycles. The summed E-state index contributed by atoms with van der Waals surface area (Å²) in [5.41, 5.74) is 3.04. The maximum atomic E-state index is 13.8. The van der Waals surface area contributed by atoms with Gasteiger partial charge in [-0.3, -0.25) is 0 Å². The minimum Gasteiger partial charge on any atom is -0.381 e. The minimum atomic E-state index is -4.71. The number of nitrogens with zero attached hydrogens (tertiary/aromatic N) is 1. The first-order valence-corrected chi connectivity index (χ1v) is 11.9. The number of rotatable bonds is 6. The van der Waals surface area contributed by atoms with Crippen molar-refractivity contribution >= 4 is 15.7 Å². The molecule has 31 heavy (non-hydrogen) atoms. The normalized spacial score (nSPS) is 21.7. The van der Waals surface area contributed by atoms with Crippen LogP contribution in [0.3, 0.4) is 0 Å². The van der Waals surface area contributed by atoms with E-state index in [0.717, 1.165) is 13.5 Å². The number of nitrogens with one attached hydrogen (secondary N) is 1. The second kappa shape index (κ2) is 7.52. The van der Waals surface area contributed by atoms with Gasteiger partial charge in [-0.1, -0.05) is 50.2 Å². The van der Waals surface area contributed by atoms with Crippen LogP contribution in [0.5, 0.6) is 0 Å². The molecule has 2 aliphatic rings. The summed E-state index contributed by atoms with van der Waals surface area (Å²) >= 11 is 0. The summed E-state index contributed by atoms with van der Waals surface area (Å²) in [6.45, 7) is 4.31. The summed E-state index contributed by atoms with van der Waals surface area (Å²) in [5, 5.41) is 2.76. The molecule has 0 radical (unpaired) electrons. The smallest absolute Gasteiger partial charge is 0.381 e. The molecule has 4 nitrogen and oxygen atoms in total. The van der Waals surface area contributed by atoms with Gasteiger partial charge in [-0.05, 0) is 48.1 Å². The van der Waals surface area contributed by atoms with E-state index in [1.165, 1.54) is 23.3 Å². The molecule has 1 saturated carbocycles. The molecular formula is C23H27F3N2O2S. The molecule has 2 atom stereocenters. The number of hydrogen-bond donors (Lipinski definition) is 1. The molecule has 1 fully saturated rings. The van der Waals surface area contributed by atoms with Crippen molar-refractivity contribution in [2.24, 2.45) is 0 Å². The van der Waals surface area contributed by atoms with Crippen molar-refractivity contribution in [2.45, 2.75) is 62.0 Å². The fourth-order valence-corrected chi connectivity index (χ4v) is 6.27. The van der Waals surface area contributed by atoms with E-state index in [2.05, 4.69) is 31.3 Å². The Kier molecular flexibility index (Phi) is 5.37. The maximum Gasteiger partial charge on any atom is 0.409 e. The number of halogens is 3. The van der Waals surface area contributed by atoms with Crippen molar-refractivity contribution in [3.8, 4) is 0 Å². The maximum absolute atomic E-state index is 13.8. The zero-order valence-corrected chi connectivity index (χ0v) is 18.6. The predicted octanol–water partition coefficient (Wildman–Crippen LogP) is 5.03. The molecule has 4 rings (SSSR count). The summed E-state index contributed by atoms with van der Waals surface area (Å²) < 4.78 is 66.9. The van der Waals surface area contributed by atoms with Crippen molar-refractivity contribution in [3.63, 3.8) is 0 Å². The first-order chi connectivity index (χ1) is 14.4. The van der Waals surface area contributed by atoms with Crippen LogP contribution in [0.25, 0.3) is 0 Å². The molecule has 0 aliphatic heterocycles. The molecule has 0 amide bonds. The fraction of sp³-hybridized carbons (Fsp3) is 0.478. The highest BCUT2D eigenvalue weighted by molar-refractivity contribution is 7.90. The third-order valence-electron chi connectivity index (χ3n) is 6.59. The van der Waals surface area contributed by atoms with E-state index in [1.807, 2.05) is 12.1 Å². The number of sulfonamides is 1. The van der Waals surface area contributed by atoms with Gasteiger partial charge in [0.1, 0.15) is 6.04 Å². The van der Waals surface area contributed by atoms with E-state index in [0.29, 0.717) is 22.8 Å².